The first-order chi connectivity index (χ1) is 14.0. The summed E-state index contributed by atoms with van der Waals surface area (Å²) in [7, 11) is 0. The van der Waals surface area contributed by atoms with Gasteiger partial charge in [0.2, 0.25) is 0 Å². The molecule has 4 rings (SSSR count). The van der Waals surface area contributed by atoms with E-state index in [1.807, 2.05) is 41.8 Å². The van der Waals surface area contributed by atoms with E-state index in [9.17, 15) is 14.4 Å². The largest absolute Gasteiger partial charge is 0.464 e. The minimum Gasteiger partial charge on any atom is -0.464 e. The van der Waals surface area contributed by atoms with Crippen molar-refractivity contribution in [1.29, 1.82) is 0 Å². The molecule has 0 aliphatic heterocycles. The van der Waals surface area contributed by atoms with Gasteiger partial charge in [0.25, 0.3) is 5.56 Å². The molecule has 0 aliphatic rings. The lowest BCUT2D eigenvalue weighted by molar-refractivity contribution is -0.144. The molecule has 7 nitrogen and oxygen atoms in total. The molecule has 0 atom stereocenters. The first kappa shape index (κ1) is 18.7. The SMILES string of the molecule is Cc1cc2ccccc2n1CC(=O)OCCCn1c(=O)[nH]c2ccccc2c1=O. The van der Waals surface area contributed by atoms with Crippen LogP contribution in [0.3, 0.4) is 0 Å². The summed E-state index contributed by atoms with van der Waals surface area (Å²) in [6.45, 7) is 2.38. The summed E-state index contributed by atoms with van der Waals surface area (Å²) in [4.78, 5) is 39.6. The molecule has 2 aromatic carbocycles. The predicted octanol–water partition coefficient (Wildman–Crippen LogP) is 2.59. The lowest BCUT2D eigenvalue weighted by Crippen LogP contribution is -2.35. The van der Waals surface area contributed by atoms with Gasteiger partial charge in [0.15, 0.2) is 0 Å². The smallest absolute Gasteiger partial charge is 0.328 e. The molecule has 1 N–H and O–H groups in total. The number of aromatic amines is 1. The molecule has 2 aromatic heterocycles. The zero-order valence-corrected chi connectivity index (χ0v) is 16.1. The Bertz CT molecular complexity index is 1310. The molecular weight excluding hydrogens is 370 g/mol. The Morgan fingerprint density at radius 3 is 2.66 bits per heavy atom. The van der Waals surface area contributed by atoms with Gasteiger partial charge in [-0.25, -0.2) is 4.79 Å². The number of ether oxygens (including phenoxy) is 1. The van der Waals surface area contributed by atoms with E-state index in [1.165, 1.54) is 0 Å². The van der Waals surface area contributed by atoms with Gasteiger partial charge >= 0.3 is 11.7 Å². The maximum Gasteiger partial charge on any atom is 0.328 e. The Hall–Kier alpha value is -3.61. The fraction of sp³-hybridized carbons (Fsp3) is 0.227. The number of benzene rings is 2. The number of carbonyl (C=O) groups excluding carboxylic acids is 1. The normalized spacial score (nSPS) is 11.2. The molecule has 0 saturated heterocycles. The van der Waals surface area contributed by atoms with Crippen LogP contribution in [0.25, 0.3) is 21.8 Å². The number of nitrogens with one attached hydrogen (secondary N) is 1. The lowest BCUT2D eigenvalue weighted by atomic mass is 10.2. The van der Waals surface area contributed by atoms with E-state index in [0.29, 0.717) is 17.3 Å². The van der Waals surface area contributed by atoms with Gasteiger partial charge in [0, 0.05) is 17.8 Å². The third kappa shape index (κ3) is 3.71. The van der Waals surface area contributed by atoms with Crippen molar-refractivity contribution in [2.75, 3.05) is 6.61 Å². The van der Waals surface area contributed by atoms with Gasteiger partial charge in [-0.05, 0) is 43.0 Å². The van der Waals surface area contributed by atoms with Crippen molar-refractivity contribution in [2.45, 2.75) is 26.4 Å². The number of hydrogen-bond acceptors (Lipinski definition) is 4. The Morgan fingerprint density at radius 2 is 1.79 bits per heavy atom. The van der Waals surface area contributed by atoms with Gasteiger partial charge in [-0.15, -0.1) is 0 Å². The average molecular weight is 391 g/mol. The van der Waals surface area contributed by atoms with E-state index in [2.05, 4.69) is 4.98 Å². The van der Waals surface area contributed by atoms with Crippen molar-refractivity contribution < 1.29 is 9.53 Å². The number of rotatable bonds is 6. The molecule has 7 heteroatoms. The maximum atomic E-state index is 12.5. The first-order valence-corrected chi connectivity index (χ1v) is 9.47. The summed E-state index contributed by atoms with van der Waals surface area (Å²) in [6, 6.07) is 16.8. The van der Waals surface area contributed by atoms with Crippen molar-refractivity contribution in [1.82, 2.24) is 14.1 Å². The van der Waals surface area contributed by atoms with E-state index >= 15 is 0 Å². The third-order valence-electron chi connectivity index (χ3n) is 4.98. The van der Waals surface area contributed by atoms with Gasteiger partial charge < -0.3 is 14.3 Å². The maximum absolute atomic E-state index is 12.5. The topological polar surface area (TPSA) is 86.1 Å². The van der Waals surface area contributed by atoms with Gasteiger partial charge in [-0.3, -0.25) is 14.2 Å². The Labute approximate surface area is 166 Å². The predicted molar refractivity (Wildman–Crippen MR) is 111 cm³/mol. The Balaban J connectivity index is 1.38. The van der Waals surface area contributed by atoms with E-state index < -0.39 is 5.69 Å². The van der Waals surface area contributed by atoms with Gasteiger partial charge in [-0.2, -0.15) is 0 Å². The van der Waals surface area contributed by atoms with E-state index in [1.54, 1.807) is 24.3 Å². The summed E-state index contributed by atoms with van der Waals surface area (Å²) in [5.74, 6) is -0.353. The highest BCUT2D eigenvalue weighted by Crippen LogP contribution is 2.19. The fourth-order valence-corrected chi connectivity index (χ4v) is 3.54. The number of carbonyl (C=O) groups is 1. The highest BCUT2D eigenvalue weighted by Gasteiger charge is 2.11. The van der Waals surface area contributed by atoms with Crippen molar-refractivity contribution >= 4 is 27.8 Å². The van der Waals surface area contributed by atoms with Crippen LogP contribution in [0.1, 0.15) is 12.1 Å². The first-order valence-electron chi connectivity index (χ1n) is 9.47. The number of aromatic nitrogens is 3. The van der Waals surface area contributed by atoms with E-state index in [0.717, 1.165) is 21.2 Å². The van der Waals surface area contributed by atoms with Crippen molar-refractivity contribution in [3.8, 4) is 0 Å². The number of esters is 1. The molecule has 0 amide bonds. The monoisotopic (exact) mass is 391 g/mol. The number of para-hydroxylation sites is 2. The summed E-state index contributed by atoms with van der Waals surface area (Å²) < 4.78 is 8.37. The highest BCUT2D eigenvalue weighted by atomic mass is 16.5. The highest BCUT2D eigenvalue weighted by molar-refractivity contribution is 5.83. The summed E-state index contributed by atoms with van der Waals surface area (Å²) in [5, 5.41) is 1.53. The second-order valence-electron chi connectivity index (χ2n) is 6.94. The fourth-order valence-electron chi connectivity index (χ4n) is 3.54. The van der Waals surface area contributed by atoms with Crippen molar-refractivity contribution in [3.05, 3.63) is 81.1 Å². The van der Waals surface area contributed by atoms with E-state index in [-0.39, 0.29) is 31.2 Å². The van der Waals surface area contributed by atoms with Crippen LogP contribution in [0.15, 0.2) is 64.2 Å². The van der Waals surface area contributed by atoms with Gasteiger partial charge in [0.1, 0.15) is 6.54 Å². The van der Waals surface area contributed by atoms with Gasteiger partial charge in [0.05, 0.1) is 17.5 Å². The lowest BCUT2D eigenvalue weighted by Gasteiger charge is -2.10. The van der Waals surface area contributed by atoms with Crippen molar-refractivity contribution in [2.24, 2.45) is 0 Å². The van der Waals surface area contributed by atoms with Crippen LogP contribution in [0.5, 0.6) is 0 Å². The Kier molecular flexibility index (Phi) is 5.03. The van der Waals surface area contributed by atoms with Crippen molar-refractivity contribution in [3.63, 3.8) is 0 Å². The van der Waals surface area contributed by atoms with E-state index in [4.69, 9.17) is 4.74 Å². The quantitative estimate of drug-likeness (QED) is 0.404. The molecule has 0 radical (unpaired) electrons. The summed E-state index contributed by atoms with van der Waals surface area (Å²) in [5.41, 5.74) is 1.67. The van der Waals surface area contributed by atoms with Gasteiger partial charge in [-0.1, -0.05) is 30.3 Å². The number of H-pyrrole nitrogens is 1. The zero-order chi connectivity index (χ0) is 20.4. The second-order valence-corrected chi connectivity index (χ2v) is 6.94. The molecule has 0 aliphatic carbocycles. The van der Waals surface area contributed by atoms with Crippen LogP contribution < -0.4 is 11.2 Å². The minimum absolute atomic E-state index is 0.121. The average Bonchev–Trinajstić information content (AvgIpc) is 3.02. The van der Waals surface area contributed by atoms with Crippen LogP contribution in [0.2, 0.25) is 0 Å². The Morgan fingerprint density at radius 1 is 1.03 bits per heavy atom. The van der Waals surface area contributed by atoms with Crippen LogP contribution >= 0.6 is 0 Å². The molecule has 0 bridgehead atoms. The van der Waals surface area contributed by atoms with Crippen LogP contribution in [0.4, 0.5) is 0 Å². The molecule has 0 unspecified atom stereocenters. The molecule has 0 spiro atoms. The zero-order valence-electron chi connectivity index (χ0n) is 16.1. The molecular formula is C22H21N3O4. The second kappa shape index (κ2) is 7.79. The molecule has 0 saturated carbocycles. The van der Waals surface area contributed by atoms with Crippen LogP contribution in [-0.4, -0.2) is 26.7 Å². The van der Waals surface area contributed by atoms with Crippen LogP contribution in [0, 0.1) is 6.92 Å². The van der Waals surface area contributed by atoms with Crippen LogP contribution in [-0.2, 0) is 22.6 Å². The molecule has 2 heterocycles. The molecule has 4 aromatic rings. The third-order valence-corrected chi connectivity index (χ3v) is 4.98. The minimum atomic E-state index is -0.463. The number of fused-ring (bicyclic) bond motifs is 2. The number of aryl methyl sites for hydroxylation is 1. The molecule has 29 heavy (non-hydrogen) atoms. The molecule has 0 fully saturated rings. The standard InChI is InChI=1S/C22H21N3O4/c1-15-13-16-7-2-5-10-19(16)25(15)14-20(26)29-12-6-11-24-21(27)17-8-3-4-9-18(17)23-22(24)28/h2-5,7-10,13H,6,11-12,14H2,1H3,(H,23,28). The number of hydrogen-bond donors (Lipinski definition) is 1. The summed E-state index contributed by atoms with van der Waals surface area (Å²) in [6.07, 6.45) is 0.373. The summed E-state index contributed by atoms with van der Waals surface area (Å²) >= 11 is 0. The number of nitrogens with zero attached hydrogens (tertiary/aromatic N) is 2. The molecule has 148 valence electrons.